The lowest BCUT2D eigenvalue weighted by Gasteiger charge is -2.05. The molecule has 0 aromatic rings. The van der Waals surface area contributed by atoms with Gasteiger partial charge in [-0.2, -0.15) is 8.78 Å². The minimum atomic E-state index is -3.45. The first-order valence-corrected chi connectivity index (χ1v) is 2.44. The zero-order valence-electron chi connectivity index (χ0n) is 4.46. The summed E-state index contributed by atoms with van der Waals surface area (Å²) in [6.45, 7) is 2.71. The van der Waals surface area contributed by atoms with E-state index in [1.54, 1.807) is 0 Å². The fourth-order valence-electron chi connectivity index (χ4n) is 0.219. The van der Waals surface area contributed by atoms with Crippen LogP contribution in [0, 0.1) is 18.2 Å². The molecule has 1 nitrogen and oxygen atoms in total. The van der Waals surface area contributed by atoms with Crippen LogP contribution in [0.5, 0.6) is 0 Å². The van der Waals surface area contributed by atoms with Gasteiger partial charge in [0, 0.05) is 11.3 Å². The zero-order chi connectivity index (χ0) is 7.33. The average Bonchev–Trinajstić information content (AvgIpc) is 1.64. The van der Waals surface area contributed by atoms with Gasteiger partial charge < -0.3 is 4.74 Å². The van der Waals surface area contributed by atoms with Gasteiger partial charge in [-0.05, 0) is 18.5 Å². The molecule has 0 aromatic heterocycles. The van der Waals surface area contributed by atoms with Gasteiger partial charge in [-0.25, -0.2) is 0 Å². The van der Waals surface area contributed by atoms with Crippen LogP contribution in [-0.2, 0) is 4.74 Å². The third kappa shape index (κ3) is 4.19. The molecule has 0 aliphatic heterocycles. The maximum atomic E-state index is 11.9. The molecule has 0 fully saturated rings. The molecule has 0 saturated heterocycles. The van der Waals surface area contributed by atoms with Crippen molar-refractivity contribution in [2.24, 2.45) is 0 Å². The Kier molecular flexibility index (Phi) is 3.52. The highest BCUT2D eigenvalue weighted by molar-refractivity contribution is 6.30. The summed E-state index contributed by atoms with van der Waals surface area (Å²) in [5.74, 6) is 1.34. The Bertz CT molecular complexity index is 136. The van der Waals surface area contributed by atoms with E-state index in [-0.39, 0.29) is 6.61 Å². The standard InChI is InChI=1S/C5H4ClF2O/c1-2-9-5(7,8)3-4-6/h1-2H2. The van der Waals surface area contributed by atoms with Crippen LogP contribution in [0.3, 0.4) is 0 Å². The molecule has 0 amide bonds. The topological polar surface area (TPSA) is 9.23 Å². The van der Waals surface area contributed by atoms with Crippen LogP contribution >= 0.6 is 11.6 Å². The lowest BCUT2D eigenvalue weighted by Crippen LogP contribution is -2.17. The number of hydrogen-bond acceptors (Lipinski definition) is 1. The number of alkyl halides is 2. The molecule has 0 atom stereocenters. The molecule has 0 bridgehead atoms. The fourth-order valence-corrected chi connectivity index (χ4v) is 0.329. The summed E-state index contributed by atoms with van der Waals surface area (Å²) in [6, 6.07) is 0. The number of halogens is 3. The second kappa shape index (κ2) is 3.65. The summed E-state index contributed by atoms with van der Waals surface area (Å²) in [5, 5.41) is 1.51. The monoisotopic (exact) mass is 153 g/mol. The molecule has 0 aromatic carbocycles. The Hall–Kier alpha value is -0.330. The van der Waals surface area contributed by atoms with Gasteiger partial charge in [0.1, 0.15) is 0 Å². The highest BCUT2D eigenvalue weighted by Crippen LogP contribution is 2.12. The first-order chi connectivity index (χ1) is 4.12. The third-order valence-corrected chi connectivity index (χ3v) is 0.571. The van der Waals surface area contributed by atoms with Gasteiger partial charge in [0.05, 0.1) is 6.61 Å². The largest absolute Gasteiger partial charge is 0.424 e. The van der Waals surface area contributed by atoms with E-state index in [0.717, 1.165) is 0 Å². The molecule has 0 aliphatic rings. The molecular weight excluding hydrogens is 150 g/mol. The van der Waals surface area contributed by atoms with Crippen LogP contribution in [0.4, 0.5) is 8.78 Å². The highest BCUT2D eigenvalue weighted by Gasteiger charge is 2.25. The molecule has 0 saturated carbocycles. The molecule has 9 heavy (non-hydrogen) atoms. The molecule has 4 heteroatoms. The van der Waals surface area contributed by atoms with Gasteiger partial charge in [-0.3, -0.25) is 0 Å². The Labute approximate surface area is 56.9 Å². The lowest BCUT2D eigenvalue weighted by molar-refractivity contribution is -0.184. The van der Waals surface area contributed by atoms with Crippen molar-refractivity contribution in [3.63, 3.8) is 0 Å². The van der Waals surface area contributed by atoms with Gasteiger partial charge in [0.15, 0.2) is 0 Å². The van der Waals surface area contributed by atoms with E-state index in [4.69, 9.17) is 0 Å². The third-order valence-electron chi connectivity index (χ3n) is 0.476. The molecule has 51 valence electrons. The molecule has 0 heterocycles. The van der Waals surface area contributed by atoms with E-state index in [1.165, 1.54) is 11.3 Å². The second-order valence-corrected chi connectivity index (χ2v) is 1.27. The van der Waals surface area contributed by atoms with E-state index in [0.29, 0.717) is 0 Å². The van der Waals surface area contributed by atoms with Crippen LogP contribution in [0.1, 0.15) is 0 Å². The van der Waals surface area contributed by atoms with Gasteiger partial charge in [-0.1, -0.05) is 0 Å². The molecule has 0 aliphatic carbocycles. The number of hydrogen-bond donors (Lipinski definition) is 0. The summed E-state index contributed by atoms with van der Waals surface area (Å²) < 4.78 is 27.6. The maximum absolute atomic E-state index is 11.9. The van der Waals surface area contributed by atoms with Crippen molar-refractivity contribution in [2.75, 3.05) is 6.61 Å². The minimum absolute atomic E-state index is 0.335. The molecule has 0 unspecified atom stereocenters. The Morgan fingerprint density at radius 1 is 1.67 bits per heavy atom. The van der Waals surface area contributed by atoms with Crippen LogP contribution in [0.15, 0.2) is 0 Å². The summed E-state index contributed by atoms with van der Waals surface area (Å²) in [7, 11) is 0. The summed E-state index contributed by atoms with van der Waals surface area (Å²) >= 11 is 4.68. The van der Waals surface area contributed by atoms with Gasteiger partial charge >= 0.3 is 6.11 Å². The fraction of sp³-hybridized carbons (Fsp3) is 0.400. The van der Waals surface area contributed by atoms with Crippen molar-refractivity contribution in [3.8, 4) is 11.3 Å². The van der Waals surface area contributed by atoms with Crippen LogP contribution in [-0.4, -0.2) is 12.7 Å². The number of rotatable bonds is 2. The van der Waals surface area contributed by atoms with Crippen LogP contribution < -0.4 is 0 Å². The van der Waals surface area contributed by atoms with Crippen molar-refractivity contribution in [1.82, 2.24) is 0 Å². The Morgan fingerprint density at radius 3 is 2.56 bits per heavy atom. The first kappa shape index (κ1) is 8.67. The predicted molar refractivity (Wildman–Crippen MR) is 29.9 cm³/mol. The molecular formula is C5H4ClF2O. The van der Waals surface area contributed by atoms with Crippen molar-refractivity contribution < 1.29 is 13.5 Å². The quantitative estimate of drug-likeness (QED) is 0.548. The van der Waals surface area contributed by atoms with Crippen molar-refractivity contribution >= 4 is 11.6 Å². The van der Waals surface area contributed by atoms with Crippen LogP contribution in [0.2, 0.25) is 0 Å². The van der Waals surface area contributed by atoms with Crippen molar-refractivity contribution in [1.29, 1.82) is 0 Å². The molecule has 0 rings (SSSR count). The van der Waals surface area contributed by atoms with E-state index in [1.807, 2.05) is 0 Å². The first-order valence-electron chi connectivity index (χ1n) is 2.06. The van der Waals surface area contributed by atoms with E-state index in [9.17, 15) is 8.78 Å². The summed E-state index contributed by atoms with van der Waals surface area (Å²) in [6.07, 6.45) is -3.45. The summed E-state index contributed by atoms with van der Waals surface area (Å²) in [4.78, 5) is 0. The smallest absolute Gasteiger partial charge is 0.310 e. The van der Waals surface area contributed by atoms with Crippen molar-refractivity contribution in [2.45, 2.75) is 6.11 Å². The molecule has 0 N–H and O–H groups in total. The highest BCUT2D eigenvalue weighted by atomic mass is 35.5. The minimum Gasteiger partial charge on any atom is -0.310 e. The molecule has 0 spiro atoms. The normalized spacial score (nSPS) is 10.2. The Balaban J connectivity index is 3.80. The lowest BCUT2D eigenvalue weighted by atomic mass is 10.6. The summed E-state index contributed by atoms with van der Waals surface area (Å²) in [5.41, 5.74) is 0. The van der Waals surface area contributed by atoms with Crippen LogP contribution in [0.25, 0.3) is 0 Å². The maximum Gasteiger partial charge on any atom is 0.424 e. The predicted octanol–water partition coefficient (Wildman–Crippen LogP) is 1.63. The second-order valence-electron chi connectivity index (χ2n) is 1.08. The van der Waals surface area contributed by atoms with Gasteiger partial charge in [-0.15, -0.1) is 0 Å². The average molecular weight is 154 g/mol. The van der Waals surface area contributed by atoms with E-state index < -0.39 is 6.11 Å². The van der Waals surface area contributed by atoms with Crippen molar-refractivity contribution in [3.05, 3.63) is 6.92 Å². The Morgan fingerprint density at radius 2 is 2.22 bits per heavy atom. The van der Waals surface area contributed by atoms with E-state index >= 15 is 0 Å². The van der Waals surface area contributed by atoms with Gasteiger partial charge in [0.2, 0.25) is 0 Å². The van der Waals surface area contributed by atoms with E-state index in [2.05, 4.69) is 23.3 Å². The zero-order valence-corrected chi connectivity index (χ0v) is 5.21. The molecule has 1 radical (unpaired) electrons. The SMILES string of the molecule is [CH2]COC(F)(F)C#CCl. The van der Waals surface area contributed by atoms with Gasteiger partial charge in [0.25, 0.3) is 0 Å². The number of ether oxygens (including phenoxy) is 1.